The molecule has 1 fully saturated rings. The average molecular weight is 228 g/mol. The third kappa shape index (κ3) is 4.10. The standard InChI is InChI=1S/C12H24N2O2/c1-8(2)6-11(13)12(15)14-7-10-4-5-16-9(10)3/h8-11H,4-7,13H2,1-3H3,(H,14,15). The van der Waals surface area contributed by atoms with Gasteiger partial charge >= 0.3 is 0 Å². The molecular formula is C12H24N2O2. The van der Waals surface area contributed by atoms with Gasteiger partial charge in [0.15, 0.2) is 0 Å². The summed E-state index contributed by atoms with van der Waals surface area (Å²) in [6.07, 6.45) is 2.02. The van der Waals surface area contributed by atoms with E-state index in [1.165, 1.54) is 0 Å². The van der Waals surface area contributed by atoms with Gasteiger partial charge in [-0.25, -0.2) is 0 Å². The highest BCUT2D eigenvalue weighted by Crippen LogP contribution is 2.19. The molecule has 16 heavy (non-hydrogen) atoms. The fraction of sp³-hybridized carbons (Fsp3) is 0.917. The summed E-state index contributed by atoms with van der Waals surface area (Å²) in [5.41, 5.74) is 5.79. The van der Waals surface area contributed by atoms with Crippen LogP contribution >= 0.6 is 0 Å². The summed E-state index contributed by atoms with van der Waals surface area (Å²) in [7, 11) is 0. The van der Waals surface area contributed by atoms with Crippen LogP contribution in [0.2, 0.25) is 0 Å². The fourth-order valence-electron chi connectivity index (χ4n) is 2.02. The molecule has 0 spiro atoms. The normalized spacial score (nSPS) is 27.1. The van der Waals surface area contributed by atoms with E-state index in [1.807, 2.05) is 0 Å². The molecule has 1 saturated heterocycles. The molecule has 0 aromatic carbocycles. The number of hydrogen-bond acceptors (Lipinski definition) is 3. The number of ether oxygens (including phenoxy) is 1. The van der Waals surface area contributed by atoms with E-state index in [0.717, 1.165) is 19.4 Å². The maximum Gasteiger partial charge on any atom is 0.236 e. The number of hydrogen-bond donors (Lipinski definition) is 2. The minimum absolute atomic E-state index is 0.0344. The van der Waals surface area contributed by atoms with Gasteiger partial charge in [0.1, 0.15) is 0 Å². The first-order valence-electron chi connectivity index (χ1n) is 6.15. The molecule has 0 aromatic heterocycles. The van der Waals surface area contributed by atoms with Crippen molar-refractivity contribution in [2.45, 2.75) is 45.8 Å². The predicted molar refractivity (Wildman–Crippen MR) is 64.0 cm³/mol. The van der Waals surface area contributed by atoms with Gasteiger partial charge in [-0.05, 0) is 25.7 Å². The summed E-state index contributed by atoms with van der Waals surface area (Å²) in [5, 5.41) is 2.92. The Morgan fingerprint density at radius 3 is 2.75 bits per heavy atom. The number of nitrogens with two attached hydrogens (primary N) is 1. The van der Waals surface area contributed by atoms with E-state index >= 15 is 0 Å². The molecule has 0 aliphatic carbocycles. The van der Waals surface area contributed by atoms with Crippen LogP contribution in [0.25, 0.3) is 0 Å². The van der Waals surface area contributed by atoms with Crippen LogP contribution < -0.4 is 11.1 Å². The summed E-state index contributed by atoms with van der Waals surface area (Å²) in [5.74, 6) is 0.859. The van der Waals surface area contributed by atoms with Gasteiger partial charge in [-0.15, -0.1) is 0 Å². The molecule has 0 aromatic rings. The third-order valence-corrected chi connectivity index (χ3v) is 3.13. The second-order valence-electron chi connectivity index (χ2n) is 5.11. The van der Waals surface area contributed by atoms with Gasteiger partial charge in [-0.1, -0.05) is 13.8 Å². The van der Waals surface area contributed by atoms with Crippen molar-refractivity contribution >= 4 is 5.91 Å². The SMILES string of the molecule is CC(C)CC(N)C(=O)NCC1CCOC1C. The van der Waals surface area contributed by atoms with Gasteiger partial charge in [-0.2, -0.15) is 0 Å². The zero-order chi connectivity index (χ0) is 12.1. The highest BCUT2D eigenvalue weighted by atomic mass is 16.5. The van der Waals surface area contributed by atoms with Crippen LogP contribution in [-0.4, -0.2) is 31.2 Å². The first-order valence-corrected chi connectivity index (χ1v) is 6.15. The smallest absolute Gasteiger partial charge is 0.236 e. The van der Waals surface area contributed by atoms with E-state index in [2.05, 4.69) is 26.1 Å². The van der Waals surface area contributed by atoms with Crippen LogP contribution in [0.15, 0.2) is 0 Å². The minimum atomic E-state index is -0.377. The molecule has 0 radical (unpaired) electrons. The van der Waals surface area contributed by atoms with Gasteiger partial charge in [0.2, 0.25) is 5.91 Å². The number of nitrogens with one attached hydrogen (secondary N) is 1. The Kier molecular flexibility index (Phi) is 5.22. The molecule has 1 aliphatic rings. The molecule has 1 rings (SSSR count). The van der Waals surface area contributed by atoms with Gasteiger partial charge in [0.05, 0.1) is 12.1 Å². The lowest BCUT2D eigenvalue weighted by Crippen LogP contribution is -2.43. The van der Waals surface area contributed by atoms with Gasteiger partial charge in [0, 0.05) is 19.1 Å². The summed E-state index contributed by atoms with van der Waals surface area (Å²) < 4.78 is 5.44. The van der Waals surface area contributed by atoms with Gasteiger partial charge < -0.3 is 15.8 Å². The molecule has 0 bridgehead atoms. The van der Waals surface area contributed by atoms with E-state index in [0.29, 0.717) is 18.4 Å². The van der Waals surface area contributed by atoms with Crippen molar-refractivity contribution in [2.24, 2.45) is 17.6 Å². The molecule has 0 saturated carbocycles. The number of rotatable bonds is 5. The van der Waals surface area contributed by atoms with Crippen LogP contribution in [0.1, 0.15) is 33.6 Å². The highest BCUT2D eigenvalue weighted by Gasteiger charge is 2.25. The number of amides is 1. The Labute approximate surface area is 97.9 Å². The second-order valence-corrected chi connectivity index (χ2v) is 5.11. The van der Waals surface area contributed by atoms with Crippen LogP contribution in [0.4, 0.5) is 0 Å². The molecule has 94 valence electrons. The molecule has 3 unspecified atom stereocenters. The molecule has 1 heterocycles. The Morgan fingerprint density at radius 2 is 2.25 bits per heavy atom. The lowest BCUT2D eigenvalue weighted by Gasteiger charge is -2.18. The first kappa shape index (κ1) is 13.5. The average Bonchev–Trinajstić information content (AvgIpc) is 2.59. The van der Waals surface area contributed by atoms with Crippen LogP contribution in [0, 0.1) is 11.8 Å². The molecular weight excluding hydrogens is 204 g/mol. The second kappa shape index (κ2) is 6.21. The third-order valence-electron chi connectivity index (χ3n) is 3.13. The maximum atomic E-state index is 11.7. The van der Waals surface area contributed by atoms with Crippen molar-refractivity contribution in [2.75, 3.05) is 13.2 Å². The van der Waals surface area contributed by atoms with Gasteiger partial charge in [-0.3, -0.25) is 4.79 Å². The Balaban J connectivity index is 2.23. The summed E-state index contributed by atoms with van der Waals surface area (Å²) in [6.45, 7) is 7.68. The van der Waals surface area contributed by atoms with Crippen LogP contribution in [0.3, 0.4) is 0 Å². The van der Waals surface area contributed by atoms with Crippen molar-refractivity contribution in [3.63, 3.8) is 0 Å². The van der Waals surface area contributed by atoms with E-state index < -0.39 is 0 Å². The summed E-state index contributed by atoms with van der Waals surface area (Å²) >= 11 is 0. The van der Waals surface area contributed by atoms with Crippen molar-refractivity contribution in [1.82, 2.24) is 5.32 Å². The topological polar surface area (TPSA) is 64.4 Å². The summed E-state index contributed by atoms with van der Waals surface area (Å²) in [4.78, 5) is 11.7. The van der Waals surface area contributed by atoms with Crippen molar-refractivity contribution in [1.29, 1.82) is 0 Å². The lowest BCUT2D eigenvalue weighted by atomic mass is 10.0. The van der Waals surface area contributed by atoms with E-state index in [9.17, 15) is 4.79 Å². The number of carbonyl (C=O) groups excluding carboxylic acids is 1. The zero-order valence-corrected chi connectivity index (χ0v) is 10.5. The zero-order valence-electron chi connectivity index (χ0n) is 10.5. The fourth-order valence-corrected chi connectivity index (χ4v) is 2.02. The first-order chi connectivity index (χ1) is 7.50. The molecule has 1 aliphatic heterocycles. The summed E-state index contributed by atoms with van der Waals surface area (Å²) in [6, 6.07) is -0.377. The largest absolute Gasteiger partial charge is 0.378 e. The van der Waals surface area contributed by atoms with Crippen LogP contribution in [0.5, 0.6) is 0 Å². The molecule has 4 heteroatoms. The number of carbonyl (C=O) groups is 1. The Morgan fingerprint density at radius 1 is 1.56 bits per heavy atom. The lowest BCUT2D eigenvalue weighted by molar-refractivity contribution is -0.122. The van der Waals surface area contributed by atoms with Gasteiger partial charge in [0.25, 0.3) is 0 Å². The van der Waals surface area contributed by atoms with Crippen molar-refractivity contribution in [3.8, 4) is 0 Å². The molecule has 1 amide bonds. The van der Waals surface area contributed by atoms with Crippen molar-refractivity contribution < 1.29 is 9.53 Å². The predicted octanol–water partition coefficient (Wildman–Crippen LogP) is 0.901. The van der Waals surface area contributed by atoms with Crippen LogP contribution in [-0.2, 0) is 9.53 Å². The Hall–Kier alpha value is -0.610. The maximum absolute atomic E-state index is 11.7. The molecule has 3 atom stereocenters. The minimum Gasteiger partial charge on any atom is -0.378 e. The quantitative estimate of drug-likeness (QED) is 0.735. The highest BCUT2D eigenvalue weighted by molar-refractivity contribution is 5.81. The Bertz CT molecular complexity index is 231. The van der Waals surface area contributed by atoms with E-state index in [4.69, 9.17) is 10.5 Å². The monoisotopic (exact) mass is 228 g/mol. The molecule has 3 N–H and O–H groups in total. The van der Waals surface area contributed by atoms with E-state index in [-0.39, 0.29) is 18.1 Å². The van der Waals surface area contributed by atoms with Crippen molar-refractivity contribution in [3.05, 3.63) is 0 Å². The van der Waals surface area contributed by atoms with E-state index in [1.54, 1.807) is 0 Å². The molecule has 4 nitrogen and oxygen atoms in total.